The van der Waals surface area contributed by atoms with Crippen molar-refractivity contribution in [1.82, 2.24) is 5.23 Å². The van der Waals surface area contributed by atoms with Crippen molar-refractivity contribution in [3.8, 4) is 0 Å². The maximum Gasteiger partial charge on any atom is 0.444 e. The van der Waals surface area contributed by atoms with Gasteiger partial charge in [-0.3, -0.25) is 4.79 Å². The van der Waals surface area contributed by atoms with Gasteiger partial charge in [0.15, 0.2) is 0 Å². The van der Waals surface area contributed by atoms with Gasteiger partial charge in [0.25, 0.3) is 0 Å². The lowest BCUT2D eigenvalue weighted by Crippen LogP contribution is -2.40. The molecule has 0 heterocycles. The topological polar surface area (TPSA) is 49.3 Å². The van der Waals surface area contributed by atoms with Crippen LogP contribution < -0.4 is 5.23 Å². The molecule has 0 aromatic heterocycles. The van der Waals surface area contributed by atoms with E-state index in [0.29, 0.717) is 11.0 Å². The van der Waals surface area contributed by atoms with Gasteiger partial charge in [-0.2, -0.15) is 0 Å². The Morgan fingerprint density at radius 1 is 1.27 bits per heavy atom. The lowest BCUT2D eigenvalue weighted by molar-refractivity contribution is -0.116. The highest BCUT2D eigenvalue weighted by atomic mass is 16.2. The van der Waals surface area contributed by atoms with Crippen LogP contribution in [0.1, 0.15) is 13.8 Å². The molecule has 4 heteroatoms. The summed E-state index contributed by atoms with van der Waals surface area (Å²) >= 11 is 0. The maximum absolute atomic E-state index is 11.4. The molecule has 0 aromatic rings. The first-order valence-corrected chi connectivity index (χ1v) is 4.60. The van der Waals surface area contributed by atoms with Gasteiger partial charge in [0, 0.05) is 5.57 Å². The van der Waals surface area contributed by atoms with E-state index >= 15 is 0 Å². The predicted molar refractivity (Wildman–Crippen MR) is 64.0 cm³/mol. The summed E-state index contributed by atoms with van der Waals surface area (Å²) in [6.45, 7) is 10.3. The van der Waals surface area contributed by atoms with E-state index in [1.54, 1.807) is 32.1 Å². The predicted octanol–water partition coefficient (Wildman–Crippen LogP) is 1.39. The van der Waals surface area contributed by atoms with Crippen LogP contribution >= 0.6 is 0 Å². The molecule has 0 spiro atoms. The Morgan fingerprint density at radius 3 is 2.27 bits per heavy atom. The smallest absolute Gasteiger partial charge is 0.429 e. The molecule has 0 radical (unpaired) electrons. The standard InChI is InChI=1S/C11H16BNO2/c1-5-7-9(3)11(14)13-12(15)10(4)8-6-2/h5-8,15H,1-2H2,3-4H3,(H,13,14)/b9-7+,10-8+. The summed E-state index contributed by atoms with van der Waals surface area (Å²) in [5, 5.41) is 12.0. The van der Waals surface area contributed by atoms with Crippen LogP contribution in [0.25, 0.3) is 0 Å². The summed E-state index contributed by atoms with van der Waals surface area (Å²) in [5.74, 6) is -0.320. The number of nitrogens with one attached hydrogen (secondary N) is 1. The number of hydrogen-bond donors (Lipinski definition) is 2. The Kier molecular flexibility index (Phi) is 6.14. The van der Waals surface area contributed by atoms with E-state index in [9.17, 15) is 9.82 Å². The Hall–Kier alpha value is -1.55. The molecule has 3 nitrogen and oxygen atoms in total. The zero-order valence-electron chi connectivity index (χ0n) is 9.16. The summed E-state index contributed by atoms with van der Waals surface area (Å²) in [5.41, 5.74) is 1.13. The molecule has 0 atom stereocenters. The molecule has 0 aliphatic carbocycles. The third-order valence-corrected chi connectivity index (χ3v) is 1.81. The highest BCUT2D eigenvalue weighted by Crippen LogP contribution is 1.97. The van der Waals surface area contributed by atoms with E-state index in [2.05, 4.69) is 18.4 Å². The van der Waals surface area contributed by atoms with E-state index < -0.39 is 7.05 Å². The van der Waals surface area contributed by atoms with Crippen molar-refractivity contribution in [3.63, 3.8) is 0 Å². The van der Waals surface area contributed by atoms with E-state index in [1.807, 2.05) is 0 Å². The van der Waals surface area contributed by atoms with Crippen LogP contribution in [0.5, 0.6) is 0 Å². The van der Waals surface area contributed by atoms with E-state index in [4.69, 9.17) is 0 Å². The van der Waals surface area contributed by atoms with Crippen molar-refractivity contribution in [2.24, 2.45) is 0 Å². The second-order valence-electron chi connectivity index (χ2n) is 3.11. The van der Waals surface area contributed by atoms with Crippen molar-refractivity contribution in [2.75, 3.05) is 0 Å². The van der Waals surface area contributed by atoms with Crippen molar-refractivity contribution in [3.05, 3.63) is 48.5 Å². The van der Waals surface area contributed by atoms with Crippen molar-refractivity contribution in [1.29, 1.82) is 0 Å². The molecule has 0 saturated carbocycles. The van der Waals surface area contributed by atoms with Crippen LogP contribution in [0.15, 0.2) is 48.5 Å². The van der Waals surface area contributed by atoms with Crippen LogP contribution in [0, 0.1) is 0 Å². The molecule has 1 amide bonds. The van der Waals surface area contributed by atoms with Gasteiger partial charge >= 0.3 is 7.05 Å². The van der Waals surface area contributed by atoms with Gasteiger partial charge in [0.05, 0.1) is 0 Å². The van der Waals surface area contributed by atoms with Gasteiger partial charge in [-0.25, -0.2) is 0 Å². The SMILES string of the molecule is C=C/C=C(\C)B(O)NC(=O)/C(C)=C/C=C. The number of amides is 1. The zero-order chi connectivity index (χ0) is 11.8. The number of hydrogen-bond acceptors (Lipinski definition) is 2. The molecule has 0 bridgehead atoms. The third kappa shape index (κ3) is 5.03. The minimum absolute atomic E-state index is 0.320. The lowest BCUT2D eigenvalue weighted by atomic mass is 9.74. The minimum atomic E-state index is -0.983. The molecule has 0 fully saturated rings. The fraction of sp³-hybridized carbons (Fsp3) is 0.182. The second kappa shape index (κ2) is 6.84. The Balaban J connectivity index is 4.42. The van der Waals surface area contributed by atoms with Crippen LogP contribution in [0.4, 0.5) is 0 Å². The first-order valence-electron chi connectivity index (χ1n) is 4.60. The van der Waals surface area contributed by atoms with Crippen molar-refractivity contribution < 1.29 is 9.82 Å². The molecule has 2 N–H and O–H groups in total. The summed E-state index contributed by atoms with van der Waals surface area (Å²) < 4.78 is 0. The quantitative estimate of drug-likeness (QED) is 0.404. The maximum atomic E-state index is 11.4. The van der Waals surface area contributed by atoms with Gasteiger partial charge in [-0.15, -0.1) is 0 Å². The van der Waals surface area contributed by atoms with Crippen LogP contribution in [-0.2, 0) is 4.79 Å². The van der Waals surface area contributed by atoms with E-state index in [-0.39, 0.29) is 5.91 Å². The second-order valence-corrected chi connectivity index (χ2v) is 3.11. The lowest BCUT2D eigenvalue weighted by Gasteiger charge is -2.08. The fourth-order valence-corrected chi connectivity index (χ4v) is 0.881. The average Bonchev–Trinajstić information content (AvgIpc) is 2.18. The van der Waals surface area contributed by atoms with Gasteiger partial charge in [0.1, 0.15) is 0 Å². The zero-order valence-corrected chi connectivity index (χ0v) is 9.16. The molecule has 0 saturated heterocycles. The largest absolute Gasteiger partial charge is 0.444 e. The molecule has 0 rings (SSSR count). The normalized spacial score (nSPS) is 11.9. The van der Waals surface area contributed by atoms with Crippen LogP contribution in [-0.4, -0.2) is 18.0 Å². The number of carbonyl (C=O) groups excluding carboxylic acids is 1. The first kappa shape index (κ1) is 13.5. The minimum Gasteiger partial charge on any atom is -0.429 e. The Labute approximate surface area is 91.0 Å². The Bertz CT molecular complexity index is 319. The molecule has 0 aliphatic heterocycles. The molecule has 80 valence electrons. The van der Waals surface area contributed by atoms with Crippen LogP contribution in [0.2, 0.25) is 0 Å². The molecule has 15 heavy (non-hydrogen) atoms. The van der Waals surface area contributed by atoms with Gasteiger partial charge < -0.3 is 10.3 Å². The molecule has 0 aliphatic rings. The van der Waals surface area contributed by atoms with Crippen molar-refractivity contribution in [2.45, 2.75) is 13.8 Å². The summed E-state index contributed by atoms with van der Waals surface area (Å²) in [4.78, 5) is 11.4. The van der Waals surface area contributed by atoms with E-state index in [0.717, 1.165) is 0 Å². The van der Waals surface area contributed by atoms with Gasteiger partial charge in [-0.05, 0) is 13.8 Å². The number of carbonyl (C=O) groups is 1. The summed E-state index contributed by atoms with van der Waals surface area (Å²) in [7, 11) is -0.983. The van der Waals surface area contributed by atoms with Crippen molar-refractivity contribution >= 4 is 13.0 Å². The highest BCUT2D eigenvalue weighted by Gasteiger charge is 2.17. The fourth-order valence-electron chi connectivity index (χ4n) is 0.881. The average molecular weight is 205 g/mol. The molecular formula is C11H16BNO2. The monoisotopic (exact) mass is 205 g/mol. The molecule has 0 aromatic carbocycles. The third-order valence-electron chi connectivity index (χ3n) is 1.81. The number of allylic oxidation sites excluding steroid dienone is 5. The Morgan fingerprint density at radius 2 is 1.80 bits per heavy atom. The number of rotatable bonds is 5. The van der Waals surface area contributed by atoms with Crippen LogP contribution in [0.3, 0.4) is 0 Å². The summed E-state index contributed by atoms with van der Waals surface area (Å²) in [6.07, 6.45) is 6.29. The van der Waals surface area contributed by atoms with Gasteiger partial charge in [-0.1, -0.05) is 42.9 Å². The van der Waals surface area contributed by atoms with Gasteiger partial charge in [0.2, 0.25) is 5.91 Å². The summed E-state index contributed by atoms with van der Waals surface area (Å²) in [6, 6.07) is 0. The molecular weight excluding hydrogens is 189 g/mol. The first-order chi connectivity index (χ1) is 7.02. The van der Waals surface area contributed by atoms with E-state index in [1.165, 1.54) is 6.08 Å². The highest BCUT2D eigenvalue weighted by molar-refractivity contribution is 6.59. The molecule has 0 unspecified atom stereocenters.